The first-order valence-corrected chi connectivity index (χ1v) is 5.39. The van der Waals surface area contributed by atoms with Gasteiger partial charge in [-0.15, -0.1) is 0 Å². The van der Waals surface area contributed by atoms with Crippen molar-refractivity contribution in [3.63, 3.8) is 0 Å². The minimum atomic E-state index is -0.410. The lowest BCUT2D eigenvalue weighted by Crippen LogP contribution is -2.43. The first kappa shape index (κ1) is 10.8. The van der Waals surface area contributed by atoms with Crippen LogP contribution < -0.4 is 5.32 Å². The topological polar surface area (TPSA) is 69.6 Å². The van der Waals surface area contributed by atoms with Crippen molar-refractivity contribution in [3.05, 3.63) is 23.8 Å². The summed E-state index contributed by atoms with van der Waals surface area (Å²) < 4.78 is 0. The predicted molar refractivity (Wildman–Crippen MR) is 59.4 cm³/mol. The highest BCUT2D eigenvalue weighted by Crippen LogP contribution is 2.29. The molecule has 1 aromatic carbocycles. The van der Waals surface area contributed by atoms with E-state index in [-0.39, 0.29) is 23.1 Å². The molecule has 3 N–H and O–H groups in total. The van der Waals surface area contributed by atoms with Crippen molar-refractivity contribution in [2.45, 2.75) is 25.8 Å². The molecule has 0 atom stereocenters. The van der Waals surface area contributed by atoms with Gasteiger partial charge in [-0.05, 0) is 30.9 Å². The van der Waals surface area contributed by atoms with Crippen LogP contribution in [0.5, 0.6) is 11.5 Å². The van der Waals surface area contributed by atoms with Crippen LogP contribution in [-0.4, -0.2) is 22.2 Å². The summed E-state index contributed by atoms with van der Waals surface area (Å²) in [6.07, 6.45) is 1.92. The van der Waals surface area contributed by atoms with E-state index < -0.39 is 5.91 Å². The normalized spacial score (nSPS) is 23.6. The van der Waals surface area contributed by atoms with Gasteiger partial charge in [0.1, 0.15) is 17.1 Å². The van der Waals surface area contributed by atoms with Gasteiger partial charge in [0.2, 0.25) is 0 Å². The first-order valence-electron chi connectivity index (χ1n) is 5.39. The minimum Gasteiger partial charge on any atom is -0.507 e. The van der Waals surface area contributed by atoms with Crippen molar-refractivity contribution in [2.75, 3.05) is 0 Å². The molecule has 1 aromatic rings. The average molecular weight is 221 g/mol. The highest BCUT2D eigenvalue weighted by Gasteiger charge is 2.28. The van der Waals surface area contributed by atoms with Gasteiger partial charge >= 0.3 is 0 Å². The zero-order valence-electron chi connectivity index (χ0n) is 9.10. The number of benzene rings is 1. The molecule has 86 valence electrons. The van der Waals surface area contributed by atoms with Crippen LogP contribution in [0.2, 0.25) is 0 Å². The van der Waals surface area contributed by atoms with E-state index in [9.17, 15) is 15.0 Å². The quantitative estimate of drug-likeness (QED) is 0.710. The molecule has 0 unspecified atom stereocenters. The SMILES string of the molecule is CC1CC(NC(=O)c2c(O)cccc2O)C1. The second-order valence-corrected chi connectivity index (χ2v) is 4.42. The molecule has 0 aromatic heterocycles. The number of phenolic OH excluding ortho intramolecular Hbond substituents is 2. The molecule has 1 amide bonds. The Hall–Kier alpha value is -1.71. The van der Waals surface area contributed by atoms with E-state index in [0.29, 0.717) is 5.92 Å². The van der Waals surface area contributed by atoms with Gasteiger partial charge in [0, 0.05) is 6.04 Å². The Labute approximate surface area is 93.9 Å². The molecule has 1 aliphatic carbocycles. The molecule has 0 aliphatic heterocycles. The van der Waals surface area contributed by atoms with Crippen LogP contribution in [0.15, 0.2) is 18.2 Å². The summed E-state index contributed by atoms with van der Waals surface area (Å²) in [6.45, 7) is 2.13. The smallest absolute Gasteiger partial charge is 0.259 e. The number of aromatic hydroxyl groups is 2. The minimum absolute atomic E-state index is 0.0398. The van der Waals surface area contributed by atoms with E-state index in [1.165, 1.54) is 18.2 Å². The fraction of sp³-hybridized carbons (Fsp3) is 0.417. The molecule has 1 aliphatic rings. The van der Waals surface area contributed by atoms with Crippen molar-refractivity contribution in [1.29, 1.82) is 0 Å². The monoisotopic (exact) mass is 221 g/mol. The third kappa shape index (κ3) is 1.96. The maximum Gasteiger partial charge on any atom is 0.259 e. The zero-order chi connectivity index (χ0) is 11.7. The molecule has 1 saturated carbocycles. The fourth-order valence-electron chi connectivity index (χ4n) is 2.04. The summed E-state index contributed by atoms with van der Waals surface area (Å²) in [4.78, 5) is 11.8. The highest BCUT2D eigenvalue weighted by molar-refractivity contribution is 5.99. The second-order valence-electron chi connectivity index (χ2n) is 4.42. The molecule has 4 nitrogen and oxygen atoms in total. The average Bonchev–Trinajstić information content (AvgIpc) is 2.15. The van der Waals surface area contributed by atoms with Crippen molar-refractivity contribution in [3.8, 4) is 11.5 Å². The van der Waals surface area contributed by atoms with Crippen LogP contribution in [0.25, 0.3) is 0 Å². The maximum absolute atomic E-state index is 11.8. The Morgan fingerprint density at radius 2 is 1.88 bits per heavy atom. The Morgan fingerprint density at radius 3 is 2.38 bits per heavy atom. The van der Waals surface area contributed by atoms with Crippen LogP contribution in [0.4, 0.5) is 0 Å². The molecule has 0 radical (unpaired) electrons. The van der Waals surface area contributed by atoms with E-state index in [0.717, 1.165) is 12.8 Å². The van der Waals surface area contributed by atoms with Gasteiger partial charge in [-0.25, -0.2) is 0 Å². The summed E-state index contributed by atoms with van der Waals surface area (Å²) >= 11 is 0. The summed E-state index contributed by atoms with van der Waals surface area (Å²) in [5, 5.41) is 21.8. The van der Waals surface area contributed by atoms with Crippen molar-refractivity contribution in [1.82, 2.24) is 5.32 Å². The molecule has 2 rings (SSSR count). The molecule has 0 spiro atoms. The predicted octanol–water partition coefficient (Wildman–Crippen LogP) is 1.63. The molecule has 16 heavy (non-hydrogen) atoms. The third-order valence-electron chi connectivity index (χ3n) is 2.96. The maximum atomic E-state index is 11.8. The van der Waals surface area contributed by atoms with Gasteiger partial charge in [0.05, 0.1) is 0 Å². The number of carbonyl (C=O) groups is 1. The number of rotatable bonds is 2. The molecule has 4 heteroatoms. The van der Waals surface area contributed by atoms with Crippen molar-refractivity contribution >= 4 is 5.91 Å². The Balaban J connectivity index is 2.09. The Morgan fingerprint density at radius 1 is 1.31 bits per heavy atom. The number of nitrogens with one attached hydrogen (secondary N) is 1. The van der Waals surface area contributed by atoms with Gasteiger partial charge in [-0.3, -0.25) is 4.79 Å². The standard InChI is InChI=1S/C12H15NO3/c1-7-5-8(6-7)13-12(16)11-9(14)3-2-4-10(11)15/h2-4,7-8,14-15H,5-6H2,1H3,(H,13,16). The summed E-state index contributed by atoms with van der Waals surface area (Å²) in [5.74, 6) is -0.148. The van der Waals surface area contributed by atoms with Crippen LogP contribution in [0, 0.1) is 5.92 Å². The lowest BCUT2D eigenvalue weighted by Gasteiger charge is -2.33. The van der Waals surface area contributed by atoms with E-state index in [2.05, 4.69) is 12.2 Å². The van der Waals surface area contributed by atoms with Gasteiger partial charge in [0.25, 0.3) is 5.91 Å². The lowest BCUT2D eigenvalue weighted by atomic mass is 9.82. The van der Waals surface area contributed by atoms with Crippen LogP contribution in [-0.2, 0) is 0 Å². The number of hydrogen-bond donors (Lipinski definition) is 3. The van der Waals surface area contributed by atoms with Gasteiger partial charge < -0.3 is 15.5 Å². The van der Waals surface area contributed by atoms with E-state index in [1.807, 2.05) is 0 Å². The number of amides is 1. The van der Waals surface area contributed by atoms with Crippen LogP contribution in [0.1, 0.15) is 30.1 Å². The summed E-state index contributed by atoms with van der Waals surface area (Å²) in [6, 6.07) is 4.43. The van der Waals surface area contributed by atoms with Crippen LogP contribution >= 0.6 is 0 Å². The fourth-order valence-corrected chi connectivity index (χ4v) is 2.04. The number of carbonyl (C=O) groups excluding carboxylic acids is 1. The molecular weight excluding hydrogens is 206 g/mol. The van der Waals surface area contributed by atoms with Gasteiger partial charge in [0.15, 0.2) is 0 Å². The van der Waals surface area contributed by atoms with Gasteiger partial charge in [-0.1, -0.05) is 13.0 Å². The van der Waals surface area contributed by atoms with Crippen molar-refractivity contribution < 1.29 is 15.0 Å². The summed E-state index contributed by atoms with van der Waals surface area (Å²) in [7, 11) is 0. The van der Waals surface area contributed by atoms with E-state index in [1.54, 1.807) is 0 Å². The molecule has 0 bridgehead atoms. The molecule has 0 saturated heterocycles. The highest BCUT2D eigenvalue weighted by atomic mass is 16.3. The molecule has 0 heterocycles. The lowest BCUT2D eigenvalue weighted by molar-refractivity contribution is 0.0890. The van der Waals surface area contributed by atoms with Crippen LogP contribution in [0.3, 0.4) is 0 Å². The third-order valence-corrected chi connectivity index (χ3v) is 2.96. The summed E-state index contributed by atoms with van der Waals surface area (Å²) in [5.41, 5.74) is -0.0398. The number of phenols is 2. The Kier molecular flexibility index (Phi) is 2.73. The first-order chi connectivity index (χ1) is 7.58. The van der Waals surface area contributed by atoms with E-state index >= 15 is 0 Å². The largest absolute Gasteiger partial charge is 0.507 e. The number of hydrogen-bond acceptors (Lipinski definition) is 3. The molecular formula is C12H15NO3. The van der Waals surface area contributed by atoms with E-state index in [4.69, 9.17) is 0 Å². The second kappa shape index (κ2) is 4.04. The zero-order valence-corrected chi connectivity index (χ0v) is 9.10. The van der Waals surface area contributed by atoms with Crippen molar-refractivity contribution in [2.24, 2.45) is 5.92 Å². The van der Waals surface area contributed by atoms with Gasteiger partial charge in [-0.2, -0.15) is 0 Å². The Bertz CT molecular complexity index is 390. The molecule has 1 fully saturated rings.